The van der Waals surface area contributed by atoms with E-state index in [-0.39, 0.29) is 5.69 Å². The number of aromatic nitrogens is 1. The molecule has 0 unspecified atom stereocenters. The zero-order chi connectivity index (χ0) is 27.4. The molecule has 1 aliphatic heterocycles. The summed E-state index contributed by atoms with van der Waals surface area (Å²) in [5.41, 5.74) is 1.28. The van der Waals surface area contributed by atoms with Crippen LogP contribution in [0.15, 0.2) is 72.9 Å². The summed E-state index contributed by atoms with van der Waals surface area (Å²) in [4.78, 5) is 14.7. The van der Waals surface area contributed by atoms with E-state index < -0.39 is 22.8 Å². The second-order valence-corrected chi connectivity index (χ2v) is 9.40. The summed E-state index contributed by atoms with van der Waals surface area (Å²) < 4.78 is 52.8. The van der Waals surface area contributed by atoms with Crippen molar-refractivity contribution >= 4 is 39.9 Å². The molecule has 1 fully saturated rings. The van der Waals surface area contributed by atoms with Gasteiger partial charge in [0.25, 0.3) is 0 Å². The van der Waals surface area contributed by atoms with E-state index in [4.69, 9.17) is 21.1 Å². The van der Waals surface area contributed by atoms with E-state index >= 15 is 0 Å². The van der Waals surface area contributed by atoms with E-state index in [1.165, 1.54) is 6.07 Å². The second kappa shape index (κ2) is 11.6. The van der Waals surface area contributed by atoms with E-state index in [0.717, 1.165) is 67.3 Å². The van der Waals surface area contributed by atoms with Gasteiger partial charge >= 0.3 is 12.2 Å². The van der Waals surface area contributed by atoms with Gasteiger partial charge in [-0.15, -0.1) is 0 Å². The molecule has 4 aromatic rings. The molecule has 1 aliphatic rings. The highest BCUT2D eigenvalue weighted by Crippen LogP contribution is 2.36. The van der Waals surface area contributed by atoms with Crippen LogP contribution in [0.25, 0.3) is 16.6 Å². The Hall–Kier alpha value is -3.73. The number of carbonyl (C=O) groups excluding carboxylic acids is 1. The maximum Gasteiger partial charge on any atom is 0.417 e. The molecule has 2 N–H and O–H groups in total. The molecular formula is C28H26ClF3N4O3. The van der Waals surface area contributed by atoms with Crippen LogP contribution in [0.1, 0.15) is 5.56 Å². The minimum absolute atomic E-state index is 0.0253. The lowest BCUT2D eigenvalue weighted by Crippen LogP contribution is -2.38. The second-order valence-electron chi connectivity index (χ2n) is 9.00. The summed E-state index contributed by atoms with van der Waals surface area (Å²) in [7, 11) is 0. The van der Waals surface area contributed by atoms with E-state index in [1.807, 2.05) is 47.2 Å². The van der Waals surface area contributed by atoms with Gasteiger partial charge in [-0.3, -0.25) is 4.90 Å². The Morgan fingerprint density at radius 2 is 1.69 bits per heavy atom. The number of benzene rings is 3. The predicted octanol–water partition coefficient (Wildman–Crippen LogP) is 6.66. The van der Waals surface area contributed by atoms with Crippen molar-refractivity contribution in [2.24, 2.45) is 0 Å². The van der Waals surface area contributed by atoms with Gasteiger partial charge in [0.05, 0.1) is 29.3 Å². The fraction of sp³-hybridized carbons (Fsp3) is 0.250. The number of carbonyl (C=O) groups is 1. The molecule has 1 saturated heterocycles. The number of hydrogen-bond acceptors (Lipinski definition) is 4. The van der Waals surface area contributed by atoms with Gasteiger partial charge in [0, 0.05) is 48.3 Å². The van der Waals surface area contributed by atoms with Gasteiger partial charge in [-0.25, -0.2) is 4.79 Å². The van der Waals surface area contributed by atoms with Gasteiger partial charge in [-0.2, -0.15) is 13.2 Å². The van der Waals surface area contributed by atoms with Crippen LogP contribution in [0.5, 0.6) is 5.75 Å². The van der Waals surface area contributed by atoms with Crippen LogP contribution in [0.4, 0.5) is 29.3 Å². The molecule has 2 heterocycles. The monoisotopic (exact) mass is 558 g/mol. The number of alkyl halides is 3. The molecule has 7 nitrogen and oxygen atoms in total. The maximum atomic E-state index is 13.1. The lowest BCUT2D eigenvalue weighted by molar-refractivity contribution is -0.137. The third-order valence-electron chi connectivity index (χ3n) is 6.39. The molecule has 5 rings (SSSR count). The van der Waals surface area contributed by atoms with Crippen LogP contribution >= 0.6 is 11.6 Å². The molecule has 0 radical (unpaired) electrons. The number of nitrogens with one attached hydrogen (secondary N) is 2. The quantitative estimate of drug-likeness (QED) is 0.266. The number of nitrogens with zero attached hydrogens (tertiary/aromatic N) is 2. The van der Waals surface area contributed by atoms with Gasteiger partial charge in [0.1, 0.15) is 12.4 Å². The fourth-order valence-corrected chi connectivity index (χ4v) is 4.64. The lowest BCUT2D eigenvalue weighted by atomic mass is 10.2. The van der Waals surface area contributed by atoms with Gasteiger partial charge in [0.15, 0.2) is 0 Å². The van der Waals surface area contributed by atoms with Crippen LogP contribution in [0.3, 0.4) is 0 Å². The van der Waals surface area contributed by atoms with Crippen molar-refractivity contribution in [2.75, 3.05) is 50.1 Å². The summed E-state index contributed by atoms with van der Waals surface area (Å²) in [5, 5.41) is 5.58. The van der Waals surface area contributed by atoms with Crippen molar-refractivity contribution in [1.29, 1.82) is 0 Å². The van der Waals surface area contributed by atoms with Gasteiger partial charge < -0.3 is 24.7 Å². The lowest BCUT2D eigenvalue weighted by Gasteiger charge is -2.26. The molecule has 0 atom stereocenters. The Morgan fingerprint density at radius 1 is 0.974 bits per heavy atom. The Kier molecular flexibility index (Phi) is 7.97. The summed E-state index contributed by atoms with van der Waals surface area (Å²) in [6, 6.07) is 17.5. The largest absolute Gasteiger partial charge is 0.492 e. The number of ether oxygens (including phenoxy) is 2. The number of amides is 2. The summed E-state index contributed by atoms with van der Waals surface area (Å²) >= 11 is 5.64. The average Bonchev–Trinajstić information content (AvgIpc) is 3.35. The number of urea groups is 1. The Labute approximate surface area is 228 Å². The first-order chi connectivity index (χ1) is 18.8. The third-order valence-corrected chi connectivity index (χ3v) is 6.72. The van der Waals surface area contributed by atoms with Crippen molar-refractivity contribution < 1.29 is 27.4 Å². The summed E-state index contributed by atoms with van der Waals surface area (Å²) in [6.45, 7) is 4.75. The zero-order valence-electron chi connectivity index (χ0n) is 20.8. The third kappa shape index (κ3) is 6.47. The summed E-state index contributed by atoms with van der Waals surface area (Å²) in [5.74, 6) is 0.811. The van der Waals surface area contributed by atoms with Crippen molar-refractivity contribution in [1.82, 2.24) is 9.47 Å². The fourth-order valence-electron chi connectivity index (χ4n) is 4.42. The van der Waals surface area contributed by atoms with Gasteiger partial charge in [-0.05, 0) is 60.7 Å². The summed E-state index contributed by atoms with van der Waals surface area (Å²) in [6.07, 6.45) is -2.67. The predicted molar refractivity (Wildman–Crippen MR) is 145 cm³/mol. The highest BCUT2D eigenvalue weighted by Gasteiger charge is 2.33. The topological polar surface area (TPSA) is 67.8 Å². The molecule has 204 valence electrons. The minimum Gasteiger partial charge on any atom is -0.492 e. The molecule has 0 aliphatic carbocycles. The van der Waals surface area contributed by atoms with Crippen LogP contribution < -0.4 is 15.4 Å². The molecule has 0 spiro atoms. The first-order valence-corrected chi connectivity index (χ1v) is 12.7. The minimum atomic E-state index is -4.63. The average molecular weight is 559 g/mol. The van der Waals surface area contributed by atoms with Crippen molar-refractivity contribution in [3.05, 3.63) is 83.5 Å². The van der Waals surface area contributed by atoms with Crippen LogP contribution in [-0.4, -0.2) is 55.0 Å². The number of rotatable bonds is 7. The number of anilines is 2. The normalized spacial score (nSPS) is 14.4. The standard InChI is InChI=1S/C28H26ClF3N4O3/c29-24-9-6-20(18-23(24)28(30,31)32)34-27(37)33-19-4-7-21(8-5-19)36-11-10-22-25(36)2-1-3-26(22)39-17-14-35-12-15-38-16-13-35/h1-11,18H,12-17H2,(H2,33,34,37). The molecular weight excluding hydrogens is 533 g/mol. The van der Waals surface area contributed by atoms with E-state index in [2.05, 4.69) is 15.5 Å². The van der Waals surface area contributed by atoms with Gasteiger partial charge in [-0.1, -0.05) is 17.7 Å². The van der Waals surface area contributed by atoms with Crippen LogP contribution in [-0.2, 0) is 10.9 Å². The van der Waals surface area contributed by atoms with Crippen molar-refractivity contribution in [3.63, 3.8) is 0 Å². The number of morpholine rings is 1. The molecule has 0 bridgehead atoms. The molecule has 39 heavy (non-hydrogen) atoms. The van der Waals surface area contributed by atoms with E-state index in [1.54, 1.807) is 12.1 Å². The smallest absolute Gasteiger partial charge is 0.417 e. The highest BCUT2D eigenvalue weighted by molar-refractivity contribution is 6.31. The van der Waals surface area contributed by atoms with E-state index in [0.29, 0.717) is 12.3 Å². The zero-order valence-corrected chi connectivity index (χ0v) is 21.6. The Balaban J connectivity index is 1.23. The van der Waals surface area contributed by atoms with Crippen LogP contribution in [0, 0.1) is 0 Å². The SMILES string of the molecule is O=C(Nc1ccc(-n2ccc3c(OCCN4CCOCC4)cccc32)cc1)Nc1ccc(Cl)c(C(F)(F)F)c1. The maximum absolute atomic E-state index is 13.1. The number of hydrogen-bond donors (Lipinski definition) is 2. The molecule has 2 amide bonds. The Bertz CT molecular complexity index is 1450. The first-order valence-electron chi connectivity index (χ1n) is 12.4. The Morgan fingerprint density at radius 3 is 2.44 bits per heavy atom. The molecule has 3 aromatic carbocycles. The number of halogens is 4. The van der Waals surface area contributed by atoms with Gasteiger partial charge in [0.2, 0.25) is 0 Å². The van der Waals surface area contributed by atoms with Crippen molar-refractivity contribution in [2.45, 2.75) is 6.18 Å². The highest BCUT2D eigenvalue weighted by atomic mass is 35.5. The van der Waals surface area contributed by atoms with Crippen LogP contribution in [0.2, 0.25) is 5.02 Å². The first kappa shape index (κ1) is 26.9. The van der Waals surface area contributed by atoms with Crippen molar-refractivity contribution in [3.8, 4) is 11.4 Å². The molecule has 0 saturated carbocycles. The number of fused-ring (bicyclic) bond motifs is 1. The van der Waals surface area contributed by atoms with E-state index in [9.17, 15) is 18.0 Å². The molecule has 1 aromatic heterocycles. The molecule has 11 heteroatoms.